The third kappa shape index (κ3) is 5.07. The number of hydrogen-bond acceptors (Lipinski definition) is 7. The Balaban J connectivity index is 1.42. The molecule has 3 aromatic rings. The number of thiazole rings is 1. The maximum Gasteiger partial charge on any atom is 0.251 e. The molecule has 4 rings (SSSR count). The summed E-state index contributed by atoms with van der Waals surface area (Å²) in [7, 11) is 2.06. The topological polar surface area (TPSA) is 100 Å². The number of benzene rings is 2. The van der Waals surface area contributed by atoms with Crippen molar-refractivity contribution < 1.29 is 18.4 Å². The van der Waals surface area contributed by atoms with Crippen LogP contribution >= 0.6 is 11.3 Å². The lowest BCUT2D eigenvalue weighted by Crippen LogP contribution is -2.38. The van der Waals surface area contributed by atoms with Crippen molar-refractivity contribution >= 4 is 39.7 Å². The van der Waals surface area contributed by atoms with Crippen LogP contribution in [0, 0.1) is 18.6 Å². The molecule has 4 N–H and O–H groups in total. The summed E-state index contributed by atoms with van der Waals surface area (Å²) in [6, 6.07) is 9.31. The van der Waals surface area contributed by atoms with Gasteiger partial charge in [0.25, 0.3) is 5.91 Å². The molecule has 1 aliphatic rings. The molecule has 178 valence electrons. The number of aryl methyl sites for hydroxylation is 1. The van der Waals surface area contributed by atoms with Crippen LogP contribution in [0.5, 0.6) is 0 Å². The first-order valence-electron chi connectivity index (χ1n) is 10.8. The first-order chi connectivity index (χ1) is 16.2. The van der Waals surface area contributed by atoms with Gasteiger partial charge in [0.2, 0.25) is 5.78 Å². The lowest BCUT2D eigenvalue weighted by Gasteiger charge is -2.19. The fourth-order valence-electron chi connectivity index (χ4n) is 3.96. The maximum atomic E-state index is 14.2. The van der Waals surface area contributed by atoms with Gasteiger partial charge in [0, 0.05) is 23.8 Å². The van der Waals surface area contributed by atoms with Gasteiger partial charge in [-0.2, -0.15) is 0 Å². The average Bonchev–Trinajstić information content (AvgIpc) is 3.36. The first-order valence-corrected chi connectivity index (χ1v) is 11.7. The van der Waals surface area contributed by atoms with E-state index < -0.39 is 23.0 Å². The highest BCUT2D eigenvalue weighted by atomic mass is 32.1. The molecule has 1 fully saturated rings. The lowest BCUT2D eigenvalue weighted by molar-refractivity contribution is 0.0943. The van der Waals surface area contributed by atoms with E-state index in [1.54, 1.807) is 24.3 Å². The average molecular weight is 486 g/mol. The zero-order valence-electron chi connectivity index (χ0n) is 18.8. The summed E-state index contributed by atoms with van der Waals surface area (Å²) in [5.74, 6) is -3.03. The quantitative estimate of drug-likeness (QED) is 0.436. The molecule has 1 atom stereocenters. The summed E-state index contributed by atoms with van der Waals surface area (Å²) in [6.07, 6.45) is 2.21. The molecule has 10 heteroatoms. The molecule has 7 nitrogen and oxygen atoms in total. The van der Waals surface area contributed by atoms with Crippen molar-refractivity contribution in [3.8, 4) is 0 Å². The number of carbonyl (C=O) groups excluding carboxylic acids is 2. The molecule has 0 radical (unpaired) electrons. The SMILES string of the molecule is Cc1cc(F)c(C(=O)c2sc(Nc3ccc(C(=O)NCC4CCCN4C)cc3)nc2N)c(F)c1. The second kappa shape index (κ2) is 9.86. The van der Waals surface area contributed by atoms with Crippen molar-refractivity contribution in [3.63, 3.8) is 0 Å². The molecule has 1 aliphatic heterocycles. The van der Waals surface area contributed by atoms with Gasteiger partial charge in [0.1, 0.15) is 22.3 Å². The zero-order valence-corrected chi connectivity index (χ0v) is 19.6. The normalized spacial score (nSPS) is 15.9. The number of likely N-dealkylation sites (tertiary alicyclic amines) is 1. The van der Waals surface area contributed by atoms with Gasteiger partial charge in [-0.15, -0.1) is 0 Å². The van der Waals surface area contributed by atoms with Gasteiger partial charge in [-0.05, 0) is 75.3 Å². The van der Waals surface area contributed by atoms with E-state index in [-0.39, 0.29) is 21.7 Å². The molecular weight excluding hydrogens is 460 g/mol. The number of nitrogens with one attached hydrogen (secondary N) is 2. The third-order valence-electron chi connectivity index (χ3n) is 5.84. The number of amides is 1. The fraction of sp³-hybridized carbons (Fsp3) is 0.292. The predicted molar refractivity (Wildman–Crippen MR) is 129 cm³/mol. The molecule has 2 heterocycles. The summed E-state index contributed by atoms with van der Waals surface area (Å²) in [5.41, 5.74) is 6.71. The van der Waals surface area contributed by atoms with Gasteiger partial charge in [0.05, 0.1) is 5.56 Å². The van der Waals surface area contributed by atoms with E-state index >= 15 is 0 Å². The monoisotopic (exact) mass is 485 g/mol. The van der Waals surface area contributed by atoms with Crippen molar-refractivity contribution in [1.29, 1.82) is 0 Å². The third-order valence-corrected chi connectivity index (χ3v) is 6.83. The van der Waals surface area contributed by atoms with E-state index in [1.807, 2.05) is 0 Å². The number of ketones is 1. The maximum absolute atomic E-state index is 14.2. The fourth-order valence-corrected chi connectivity index (χ4v) is 4.81. The minimum Gasteiger partial charge on any atom is -0.382 e. The summed E-state index contributed by atoms with van der Waals surface area (Å²) in [5, 5.41) is 6.26. The predicted octanol–water partition coefficient (Wildman–Crippen LogP) is 4.11. The van der Waals surface area contributed by atoms with Crippen molar-refractivity contribution in [2.75, 3.05) is 31.2 Å². The molecule has 34 heavy (non-hydrogen) atoms. The van der Waals surface area contributed by atoms with Crippen LogP contribution in [0.1, 0.15) is 44.0 Å². The zero-order chi connectivity index (χ0) is 24.4. The number of halogens is 2. The smallest absolute Gasteiger partial charge is 0.251 e. The number of nitrogen functional groups attached to an aromatic ring is 1. The van der Waals surface area contributed by atoms with Crippen molar-refractivity contribution in [1.82, 2.24) is 15.2 Å². The van der Waals surface area contributed by atoms with Crippen molar-refractivity contribution in [2.24, 2.45) is 0 Å². The Bertz CT molecular complexity index is 1210. The molecule has 0 bridgehead atoms. The van der Waals surface area contributed by atoms with Gasteiger partial charge < -0.3 is 21.3 Å². The van der Waals surface area contributed by atoms with Crippen LogP contribution in [-0.2, 0) is 0 Å². The number of carbonyl (C=O) groups is 2. The van der Waals surface area contributed by atoms with Crippen LogP contribution in [0.2, 0.25) is 0 Å². The molecular formula is C24H25F2N5O2S. The molecule has 1 saturated heterocycles. The molecule has 1 amide bonds. The van der Waals surface area contributed by atoms with Gasteiger partial charge in [0.15, 0.2) is 5.13 Å². The molecule has 0 saturated carbocycles. The second-order valence-corrected chi connectivity index (χ2v) is 9.35. The highest BCUT2D eigenvalue weighted by Crippen LogP contribution is 2.31. The minimum absolute atomic E-state index is 0.0583. The van der Waals surface area contributed by atoms with Gasteiger partial charge in [-0.1, -0.05) is 11.3 Å². The molecule has 1 aromatic heterocycles. The molecule has 0 aliphatic carbocycles. The Labute approximate surface area is 200 Å². The van der Waals surface area contributed by atoms with E-state index in [0.717, 1.165) is 42.9 Å². The number of aromatic nitrogens is 1. The summed E-state index contributed by atoms with van der Waals surface area (Å²) in [6.45, 7) is 3.18. The largest absolute Gasteiger partial charge is 0.382 e. The van der Waals surface area contributed by atoms with Crippen LogP contribution in [0.25, 0.3) is 0 Å². The van der Waals surface area contributed by atoms with Gasteiger partial charge in [-0.3, -0.25) is 9.59 Å². The van der Waals surface area contributed by atoms with Crippen molar-refractivity contribution in [2.45, 2.75) is 25.8 Å². The standard InChI is InChI=1S/C24H25F2N5O2S/c1-13-10-17(25)19(18(26)11-13)20(32)21-22(27)30-24(34-21)29-15-7-5-14(6-8-15)23(33)28-12-16-4-3-9-31(16)2/h5-8,10-11,16H,3-4,9,12,27H2,1-2H3,(H,28,33)(H,29,30). The number of anilines is 3. The Morgan fingerprint density at radius 3 is 2.50 bits per heavy atom. The number of rotatable bonds is 7. The van der Waals surface area contributed by atoms with Crippen LogP contribution < -0.4 is 16.4 Å². The summed E-state index contributed by atoms with van der Waals surface area (Å²) >= 11 is 0.898. The Hall–Kier alpha value is -3.37. The van der Waals surface area contributed by atoms with E-state index in [0.29, 0.717) is 29.4 Å². The number of nitrogens with zero attached hydrogens (tertiary/aromatic N) is 2. The minimum atomic E-state index is -0.946. The van der Waals surface area contributed by atoms with Crippen LogP contribution in [-0.4, -0.2) is 47.8 Å². The Kier molecular flexibility index (Phi) is 6.90. The van der Waals surface area contributed by atoms with Gasteiger partial charge >= 0.3 is 0 Å². The Morgan fingerprint density at radius 2 is 1.88 bits per heavy atom. The van der Waals surface area contributed by atoms with Crippen LogP contribution in [0.4, 0.5) is 25.4 Å². The van der Waals surface area contributed by atoms with Gasteiger partial charge in [-0.25, -0.2) is 13.8 Å². The number of nitrogens with two attached hydrogens (primary N) is 1. The first kappa shape index (κ1) is 23.8. The van der Waals surface area contributed by atoms with E-state index in [1.165, 1.54) is 6.92 Å². The highest BCUT2D eigenvalue weighted by Gasteiger charge is 2.25. The van der Waals surface area contributed by atoms with Crippen LogP contribution in [0.3, 0.4) is 0 Å². The molecule has 0 spiro atoms. The van der Waals surface area contributed by atoms with E-state index in [2.05, 4.69) is 27.6 Å². The summed E-state index contributed by atoms with van der Waals surface area (Å²) < 4.78 is 28.5. The molecule has 2 aromatic carbocycles. The Morgan fingerprint density at radius 1 is 1.21 bits per heavy atom. The lowest BCUT2D eigenvalue weighted by atomic mass is 10.1. The highest BCUT2D eigenvalue weighted by molar-refractivity contribution is 7.18. The van der Waals surface area contributed by atoms with E-state index in [4.69, 9.17) is 5.73 Å². The summed E-state index contributed by atoms with van der Waals surface area (Å²) in [4.78, 5) is 31.4. The molecule has 1 unspecified atom stereocenters. The van der Waals surface area contributed by atoms with E-state index in [9.17, 15) is 18.4 Å². The van der Waals surface area contributed by atoms with Crippen molar-refractivity contribution in [3.05, 3.63) is 69.6 Å². The number of likely N-dealkylation sites (N-methyl/N-ethyl adjacent to an activating group) is 1. The number of hydrogen-bond donors (Lipinski definition) is 3. The van der Waals surface area contributed by atoms with Crippen LogP contribution in [0.15, 0.2) is 36.4 Å². The second-order valence-electron chi connectivity index (χ2n) is 8.36.